The van der Waals surface area contributed by atoms with Gasteiger partial charge in [0.2, 0.25) is 5.91 Å². The Hall–Kier alpha value is -1.96. The van der Waals surface area contributed by atoms with Gasteiger partial charge in [-0.2, -0.15) is 0 Å². The third-order valence-electron chi connectivity index (χ3n) is 3.98. The third kappa shape index (κ3) is 4.31. The molecule has 0 radical (unpaired) electrons. The van der Waals surface area contributed by atoms with Gasteiger partial charge in [-0.1, -0.05) is 16.8 Å². The maximum atomic E-state index is 12.1. The van der Waals surface area contributed by atoms with E-state index in [1.807, 2.05) is 17.9 Å². The van der Waals surface area contributed by atoms with Crippen LogP contribution in [0.2, 0.25) is 5.02 Å². The van der Waals surface area contributed by atoms with Crippen molar-refractivity contribution in [3.8, 4) is 0 Å². The molecule has 1 saturated heterocycles. The quantitative estimate of drug-likeness (QED) is 0.849. The topological polar surface area (TPSA) is 91.5 Å². The smallest absolute Gasteiger partial charge is 0.239 e. The van der Waals surface area contributed by atoms with Crippen LogP contribution in [-0.2, 0) is 11.2 Å². The lowest BCUT2D eigenvalue weighted by Crippen LogP contribution is -2.32. The summed E-state index contributed by atoms with van der Waals surface area (Å²) in [7, 11) is 0. The zero-order valence-corrected chi connectivity index (χ0v) is 14.0. The summed E-state index contributed by atoms with van der Waals surface area (Å²) in [6, 6.07) is 5.18. The lowest BCUT2D eigenvalue weighted by molar-refractivity contribution is -0.117. The predicted molar refractivity (Wildman–Crippen MR) is 88.8 cm³/mol. The average Bonchev–Trinajstić information content (AvgIpc) is 3.08. The van der Waals surface area contributed by atoms with E-state index in [0.29, 0.717) is 30.4 Å². The van der Waals surface area contributed by atoms with Gasteiger partial charge in [-0.05, 0) is 19.1 Å². The zero-order chi connectivity index (χ0) is 17.1. The highest BCUT2D eigenvalue weighted by Gasteiger charge is 2.33. The average molecular weight is 351 g/mol. The number of β-amino-alcohol motifs (C(OH)–C–C–N with tert-alkyl or cyclic N) is 1. The van der Waals surface area contributed by atoms with Crippen LogP contribution in [0.5, 0.6) is 0 Å². The summed E-state index contributed by atoms with van der Waals surface area (Å²) in [5.74, 6) is 1.07. The summed E-state index contributed by atoms with van der Waals surface area (Å²) in [6.07, 6.45) is 1.60. The van der Waals surface area contributed by atoms with Gasteiger partial charge in [0.1, 0.15) is 11.6 Å². The number of anilines is 1. The highest BCUT2D eigenvalue weighted by atomic mass is 35.5. The molecule has 1 aliphatic rings. The maximum Gasteiger partial charge on any atom is 0.239 e. The number of nitrogens with zero attached hydrogens (tertiary/aromatic N) is 3. The number of nitrogens with one attached hydrogen (secondary N) is 1. The molecule has 24 heavy (non-hydrogen) atoms. The Bertz CT molecular complexity index is 704. The second-order valence-electron chi connectivity index (χ2n) is 6.07. The van der Waals surface area contributed by atoms with E-state index < -0.39 is 6.10 Å². The van der Waals surface area contributed by atoms with Crippen molar-refractivity contribution in [2.45, 2.75) is 19.4 Å². The van der Waals surface area contributed by atoms with Crippen LogP contribution >= 0.6 is 11.6 Å². The SMILES string of the molecule is Cc1cc(C[C@@H]2CN(CC(=O)Nc3ccc(Cl)cn3)C[C@H]2O)on1. The van der Waals surface area contributed by atoms with Gasteiger partial charge in [-0.3, -0.25) is 9.69 Å². The highest BCUT2D eigenvalue weighted by Crippen LogP contribution is 2.22. The lowest BCUT2D eigenvalue weighted by Gasteiger charge is -2.14. The van der Waals surface area contributed by atoms with Crippen LogP contribution in [-0.4, -0.2) is 51.8 Å². The molecule has 128 valence electrons. The second-order valence-corrected chi connectivity index (χ2v) is 6.51. The van der Waals surface area contributed by atoms with Crippen LogP contribution in [0.25, 0.3) is 0 Å². The van der Waals surface area contributed by atoms with Crippen molar-refractivity contribution in [1.29, 1.82) is 0 Å². The van der Waals surface area contributed by atoms with Crippen LogP contribution < -0.4 is 5.32 Å². The molecule has 3 rings (SSSR count). The van der Waals surface area contributed by atoms with Crippen molar-refractivity contribution in [1.82, 2.24) is 15.0 Å². The number of aliphatic hydroxyl groups is 1. The summed E-state index contributed by atoms with van der Waals surface area (Å²) < 4.78 is 5.20. The minimum Gasteiger partial charge on any atom is -0.391 e. The second kappa shape index (κ2) is 7.29. The molecular formula is C16H19ClN4O3. The van der Waals surface area contributed by atoms with E-state index >= 15 is 0 Å². The van der Waals surface area contributed by atoms with Crippen LogP contribution in [0.1, 0.15) is 11.5 Å². The molecule has 0 saturated carbocycles. The first kappa shape index (κ1) is 16.9. The number of aryl methyl sites for hydroxylation is 1. The van der Waals surface area contributed by atoms with Crippen molar-refractivity contribution < 1.29 is 14.4 Å². The fraction of sp³-hybridized carbons (Fsp3) is 0.438. The molecule has 1 aliphatic heterocycles. The standard InChI is InChI=1S/C16H19ClN4O3/c1-10-4-13(24-20-10)5-11-7-21(8-14(11)22)9-16(23)19-15-3-2-12(17)6-18-15/h2-4,6,11,14,22H,5,7-9H2,1H3,(H,18,19,23)/t11-,14-/m1/s1. The number of rotatable bonds is 5. The number of carbonyl (C=O) groups excluding carboxylic acids is 1. The minimum absolute atomic E-state index is 0.0267. The van der Waals surface area contributed by atoms with Crippen LogP contribution in [0.3, 0.4) is 0 Å². The number of hydrogen-bond acceptors (Lipinski definition) is 6. The number of halogens is 1. The fourth-order valence-electron chi connectivity index (χ4n) is 2.88. The number of aromatic nitrogens is 2. The molecule has 0 aromatic carbocycles. The van der Waals surface area contributed by atoms with E-state index in [1.165, 1.54) is 6.20 Å². The molecule has 2 N–H and O–H groups in total. The first-order valence-corrected chi connectivity index (χ1v) is 8.11. The monoisotopic (exact) mass is 350 g/mol. The largest absolute Gasteiger partial charge is 0.391 e. The minimum atomic E-state index is -0.489. The van der Waals surface area contributed by atoms with E-state index in [4.69, 9.17) is 16.1 Å². The van der Waals surface area contributed by atoms with E-state index in [0.717, 1.165) is 11.5 Å². The summed E-state index contributed by atoms with van der Waals surface area (Å²) in [5.41, 5.74) is 0.823. The zero-order valence-electron chi connectivity index (χ0n) is 13.3. The molecule has 3 heterocycles. The third-order valence-corrected chi connectivity index (χ3v) is 4.21. The Morgan fingerprint density at radius 1 is 1.50 bits per heavy atom. The Labute approximate surface area is 144 Å². The van der Waals surface area contributed by atoms with Gasteiger partial charge in [-0.15, -0.1) is 0 Å². The van der Waals surface area contributed by atoms with Crippen molar-refractivity contribution in [3.05, 3.63) is 40.9 Å². The van der Waals surface area contributed by atoms with Crippen LogP contribution in [0.15, 0.2) is 28.9 Å². The Kier molecular flexibility index (Phi) is 5.13. The Morgan fingerprint density at radius 2 is 2.33 bits per heavy atom. The molecule has 2 aromatic heterocycles. The normalized spacial score (nSPS) is 21.1. The van der Waals surface area contributed by atoms with Gasteiger partial charge in [0.15, 0.2) is 0 Å². The highest BCUT2D eigenvalue weighted by molar-refractivity contribution is 6.30. The molecule has 0 aliphatic carbocycles. The molecule has 0 unspecified atom stereocenters. The number of carbonyl (C=O) groups is 1. The van der Waals surface area contributed by atoms with Crippen molar-refractivity contribution in [3.63, 3.8) is 0 Å². The lowest BCUT2D eigenvalue weighted by atomic mass is 10.0. The first-order chi connectivity index (χ1) is 11.5. The maximum absolute atomic E-state index is 12.1. The van der Waals surface area contributed by atoms with Crippen molar-refractivity contribution in [2.24, 2.45) is 5.92 Å². The van der Waals surface area contributed by atoms with E-state index in [2.05, 4.69) is 15.5 Å². The molecular weight excluding hydrogens is 332 g/mol. The van der Waals surface area contributed by atoms with Crippen LogP contribution in [0, 0.1) is 12.8 Å². The molecule has 1 fully saturated rings. The molecule has 2 aromatic rings. The number of likely N-dealkylation sites (tertiary alicyclic amines) is 1. The van der Waals surface area contributed by atoms with Crippen molar-refractivity contribution in [2.75, 3.05) is 25.0 Å². The predicted octanol–water partition coefficient (Wildman–Crippen LogP) is 1.51. The molecule has 1 amide bonds. The summed E-state index contributed by atoms with van der Waals surface area (Å²) >= 11 is 5.76. The van der Waals surface area contributed by atoms with Gasteiger partial charge in [0, 0.05) is 37.7 Å². The number of hydrogen-bond donors (Lipinski definition) is 2. The van der Waals surface area contributed by atoms with E-state index in [9.17, 15) is 9.90 Å². The van der Waals surface area contributed by atoms with Crippen molar-refractivity contribution >= 4 is 23.3 Å². The summed E-state index contributed by atoms with van der Waals surface area (Å²) in [6.45, 7) is 3.15. The number of pyridine rings is 1. The fourth-order valence-corrected chi connectivity index (χ4v) is 2.99. The molecule has 0 spiro atoms. The van der Waals surface area contributed by atoms with Gasteiger partial charge < -0.3 is 14.9 Å². The molecule has 0 bridgehead atoms. The molecule has 2 atom stereocenters. The molecule has 7 nitrogen and oxygen atoms in total. The van der Waals surface area contributed by atoms with E-state index in [1.54, 1.807) is 12.1 Å². The number of amides is 1. The summed E-state index contributed by atoms with van der Waals surface area (Å²) in [5, 5.41) is 17.3. The first-order valence-electron chi connectivity index (χ1n) is 7.73. The Morgan fingerprint density at radius 3 is 3.00 bits per heavy atom. The van der Waals surface area contributed by atoms with Gasteiger partial charge in [0.25, 0.3) is 0 Å². The Balaban J connectivity index is 1.51. The molecule has 8 heteroatoms. The summed E-state index contributed by atoms with van der Waals surface area (Å²) in [4.78, 5) is 18.0. The van der Waals surface area contributed by atoms with Gasteiger partial charge in [0.05, 0.1) is 23.4 Å². The van der Waals surface area contributed by atoms with Crippen LogP contribution in [0.4, 0.5) is 5.82 Å². The van der Waals surface area contributed by atoms with Gasteiger partial charge >= 0.3 is 0 Å². The van der Waals surface area contributed by atoms with E-state index in [-0.39, 0.29) is 18.4 Å². The van der Waals surface area contributed by atoms with Gasteiger partial charge in [-0.25, -0.2) is 4.98 Å². The number of aliphatic hydroxyl groups excluding tert-OH is 1.